The van der Waals surface area contributed by atoms with E-state index in [1.54, 1.807) is 19.1 Å². The van der Waals surface area contributed by atoms with Gasteiger partial charge >= 0.3 is 5.69 Å². The first-order chi connectivity index (χ1) is 37.4. The smallest absolute Gasteiger partial charge is 0.312 e. The van der Waals surface area contributed by atoms with Crippen LogP contribution < -0.4 is 29.1 Å². The van der Waals surface area contributed by atoms with Crippen molar-refractivity contribution >= 4 is 44.2 Å². The molecule has 1 spiro atoms. The van der Waals surface area contributed by atoms with Gasteiger partial charge in [-0.1, -0.05) is 38.1 Å². The van der Waals surface area contributed by atoms with Crippen LogP contribution in [-0.2, 0) is 23.0 Å². The number of ether oxygens (including phenoxy) is 3. The topological polar surface area (TPSA) is 231 Å². The second kappa shape index (κ2) is 21.4. The lowest BCUT2D eigenvalue weighted by atomic mass is 9.59. The van der Waals surface area contributed by atoms with E-state index < -0.39 is 42.9 Å². The van der Waals surface area contributed by atoms with E-state index in [-0.39, 0.29) is 57.2 Å². The number of methoxy groups -OCH3 is 1. The number of nitrogens with zero attached hydrogens (tertiary/aromatic N) is 7. The van der Waals surface area contributed by atoms with E-state index >= 15 is 0 Å². The standard InChI is InChI=1S/C57H67FN10O9S/c1-35(2)41-7-5-6-8-43(41)48-34-65(33-37-13-19-59-54-42(37)14-24-76-54)22-23-67(48)39-28-57(29-39)17-20-66(21-18-57)38-9-10-44(49(25-38)77-50-27-45-46(58)32-62-51(45)63-55(50)75-4)53(69)64-78(73,74)40-26-47(68(71)72)52(61-31-40)60-30-36-11-15-56(3,70)16-12-36/h5-10,13,19,25-27,31-32,35-36,39,48,70H,11-12,14-18,20-24,28-30,33-34H2,1-4H3,(H,60,61)(H,62,63)(H,64,69)/t36?,48-,56?/m0/s1. The number of H-pyrrole nitrogens is 1. The average molecular weight is 1090 g/mol. The van der Waals surface area contributed by atoms with Gasteiger partial charge in [0.25, 0.3) is 21.8 Å². The van der Waals surface area contributed by atoms with E-state index in [0.717, 1.165) is 101 Å². The fraction of sp³-hybridized carbons (Fsp3) is 0.474. The number of carbonyl (C=O) groups excluding carboxylic acids is 1. The molecule has 0 radical (unpaired) electrons. The third-order valence-electron chi connectivity index (χ3n) is 17.1. The van der Waals surface area contributed by atoms with E-state index in [2.05, 4.69) is 88.9 Å². The summed E-state index contributed by atoms with van der Waals surface area (Å²) < 4.78 is 62.5. The number of sulfonamides is 1. The number of amides is 1. The fourth-order valence-corrected chi connectivity index (χ4v) is 13.5. The molecule has 6 aromatic rings. The largest absolute Gasteiger partial charge is 0.478 e. The van der Waals surface area contributed by atoms with E-state index in [4.69, 9.17) is 14.2 Å². The van der Waals surface area contributed by atoms with Crippen LogP contribution in [-0.4, -0.2) is 119 Å². The number of aromatic nitrogens is 4. The molecule has 2 saturated heterocycles. The van der Waals surface area contributed by atoms with E-state index in [9.17, 15) is 32.8 Å². The van der Waals surface area contributed by atoms with Crippen LogP contribution in [0.15, 0.2) is 84.1 Å². The number of anilines is 2. The van der Waals surface area contributed by atoms with Gasteiger partial charge in [-0.25, -0.2) is 27.5 Å². The molecule has 19 nitrogen and oxygen atoms in total. The van der Waals surface area contributed by atoms with Crippen molar-refractivity contribution in [1.29, 1.82) is 0 Å². The highest BCUT2D eigenvalue weighted by atomic mass is 32.2. The van der Waals surface area contributed by atoms with Gasteiger partial charge in [-0.2, -0.15) is 4.98 Å². The van der Waals surface area contributed by atoms with Crippen LogP contribution in [0.25, 0.3) is 11.0 Å². The second-order valence-electron chi connectivity index (χ2n) is 22.5. The first-order valence-electron chi connectivity index (χ1n) is 27.1. The number of hydrogen-bond acceptors (Lipinski definition) is 16. The molecule has 4 N–H and O–H groups in total. The first-order valence-corrected chi connectivity index (χ1v) is 28.6. The number of nitrogens with one attached hydrogen (secondary N) is 3. The van der Waals surface area contributed by atoms with Gasteiger partial charge in [-0.3, -0.25) is 24.7 Å². The zero-order valence-electron chi connectivity index (χ0n) is 44.5. The molecule has 11 rings (SSSR count). The van der Waals surface area contributed by atoms with Crippen LogP contribution in [0.4, 0.5) is 21.6 Å². The molecule has 2 aliphatic carbocycles. The SMILES string of the molecule is COc1nc2[nH]cc(F)c2cc1Oc1cc(N2CCC3(CC2)CC(N2CCN(Cc4ccnc5c4CCO5)C[C@H]2c2ccccc2C(C)C)C3)ccc1C(=O)NS(=O)(=O)c1cnc(NCC2CCC(C)(O)CC2)c([N+](=O)[O-])c1. The minimum Gasteiger partial charge on any atom is -0.478 e. The minimum absolute atomic E-state index is 0.0148. The summed E-state index contributed by atoms with van der Waals surface area (Å²) >= 11 is 0. The van der Waals surface area contributed by atoms with Crippen molar-refractivity contribution in [3.63, 3.8) is 0 Å². The molecule has 2 saturated carbocycles. The molecule has 0 unspecified atom stereocenters. The van der Waals surface area contributed by atoms with Crippen molar-refractivity contribution in [2.75, 3.05) is 63.2 Å². The number of aliphatic hydroxyl groups is 1. The van der Waals surface area contributed by atoms with Gasteiger partial charge in [-0.05, 0) is 110 Å². The molecule has 4 fully saturated rings. The number of rotatable bonds is 16. The van der Waals surface area contributed by atoms with Gasteiger partial charge in [0, 0.05) is 106 Å². The van der Waals surface area contributed by atoms with Crippen molar-refractivity contribution in [2.45, 2.75) is 114 Å². The van der Waals surface area contributed by atoms with Crippen molar-refractivity contribution in [3.05, 3.63) is 123 Å². The summed E-state index contributed by atoms with van der Waals surface area (Å²) in [5.74, 6) is -0.597. The number of piperazine rings is 1. The van der Waals surface area contributed by atoms with Crippen molar-refractivity contribution in [2.24, 2.45) is 11.3 Å². The number of carbonyl (C=O) groups is 1. The summed E-state index contributed by atoms with van der Waals surface area (Å²) in [7, 11) is -3.37. The lowest BCUT2D eigenvalue weighted by molar-refractivity contribution is -0.384. The summed E-state index contributed by atoms with van der Waals surface area (Å²) in [5, 5.41) is 25.7. The lowest BCUT2D eigenvalue weighted by Gasteiger charge is -2.58. The lowest BCUT2D eigenvalue weighted by Crippen LogP contribution is -2.60. The summed E-state index contributed by atoms with van der Waals surface area (Å²) in [4.78, 5) is 48.5. The third-order valence-corrected chi connectivity index (χ3v) is 18.4. The average Bonchev–Trinajstić information content (AvgIpc) is 4.21. The number of fused-ring (bicyclic) bond motifs is 2. The Morgan fingerprint density at radius 3 is 2.56 bits per heavy atom. The molecular weight excluding hydrogens is 1020 g/mol. The number of aromatic amines is 1. The van der Waals surface area contributed by atoms with Crippen molar-refractivity contribution in [1.82, 2.24) is 34.5 Å². The quantitative estimate of drug-likeness (QED) is 0.0523. The van der Waals surface area contributed by atoms with Gasteiger partial charge in [0.15, 0.2) is 5.75 Å². The van der Waals surface area contributed by atoms with Gasteiger partial charge in [0.1, 0.15) is 22.1 Å². The van der Waals surface area contributed by atoms with Gasteiger partial charge in [0.05, 0.1) is 41.4 Å². The highest BCUT2D eigenvalue weighted by Crippen LogP contribution is 2.54. The summed E-state index contributed by atoms with van der Waals surface area (Å²) in [6.45, 7) is 12.5. The molecule has 21 heteroatoms. The molecule has 7 heterocycles. The Labute approximate surface area is 453 Å². The number of pyridine rings is 3. The maximum absolute atomic E-state index is 14.9. The second-order valence-corrected chi connectivity index (χ2v) is 24.2. The molecule has 5 aliphatic rings. The zero-order chi connectivity index (χ0) is 54.5. The van der Waals surface area contributed by atoms with Crippen LogP contribution in [0.3, 0.4) is 0 Å². The Kier molecular flexibility index (Phi) is 14.5. The summed E-state index contributed by atoms with van der Waals surface area (Å²) in [6, 6.07) is 18.9. The number of hydrogen-bond donors (Lipinski definition) is 4. The number of benzene rings is 2. The van der Waals surface area contributed by atoms with Gasteiger partial charge < -0.3 is 34.5 Å². The van der Waals surface area contributed by atoms with Crippen LogP contribution >= 0.6 is 0 Å². The Hall–Kier alpha value is -6.94. The number of halogens is 1. The van der Waals surface area contributed by atoms with Crippen molar-refractivity contribution in [3.8, 4) is 23.3 Å². The molecule has 1 atom stereocenters. The first kappa shape index (κ1) is 53.1. The zero-order valence-corrected chi connectivity index (χ0v) is 45.3. The molecule has 412 valence electrons. The van der Waals surface area contributed by atoms with Crippen LogP contribution in [0.1, 0.15) is 117 Å². The maximum Gasteiger partial charge on any atom is 0.312 e. The summed E-state index contributed by atoms with van der Waals surface area (Å²) in [6.07, 6.45) is 11.5. The number of nitro groups is 1. The molecule has 0 bridgehead atoms. The highest BCUT2D eigenvalue weighted by Gasteiger charge is 2.50. The predicted octanol–water partition coefficient (Wildman–Crippen LogP) is 9.04. The van der Waals surface area contributed by atoms with Crippen molar-refractivity contribution < 1.29 is 41.8 Å². The predicted molar refractivity (Wildman–Crippen MR) is 291 cm³/mol. The van der Waals surface area contributed by atoms with E-state index in [0.29, 0.717) is 50.8 Å². The molecule has 1 amide bonds. The Bertz CT molecular complexity index is 3350. The number of piperidine rings is 1. The molecule has 78 heavy (non-hydrogen) atoms. The molecular formula is C57H67FN10O9S. The Balaban J connectivity index is 0.804. The molecule has 4 aromatic heterocycles. The Morgan fingerprint density at radius 1 is 1.03 bits per heavy atom. The van der Waals surface area contributed by atoms with Crippen LogP contribution in [0, 0.1) is 27.3 Å². The maximum atomic E-state index is 14.9. The van der Waals surface area contributed by atoms with E-state index in [1.807, 2.05) is 6.20 Å². The van der Waals surface area contributed by atoms with E-state index in [1.165, 1.54) is 41.5 Å². The molecule has 3 aliphatic heterocycles. The monoisotopic (exact) mass is 1090 g/mol. The minimum atomic E-state index is -4.75. The van der Waals surface area contributed by atoms with Crippen LogP contribution in [0.5, 0.6) is 23.3 Å². The molecule has 2 aromatic carbocycles. The van der Waals surface area contributed by atoms with Crippen LogP contribution in [0.2, 0.25) is 0 Å². The normalized spacial score (nSPS) is 21.8. The third kappa shape index (κ3) is 10.8. The fourth-order valence-electron chi connectivity index (χ4n) is 12.5. The summed E-state index contributed by atoms with van der Waals surface area (Å²) in [5.41, 5.74) is 4.90. The van der Waals surface area contributed by atoms with Gasteiger partial charge in [-0.15, -0.1) is 0 Å². The highest BCUT2D eigenvalue weighted by molar-refractivity contribution is 7.90. The van der Waals surface area contributed by atoms with Gasteiger partial charge in [0.2, 0.25) is 11.7 Å². The Morgan fingerprint density at radius 2 is 1.81 bits per heavy atom.